The van der Waals surface area contributed by atoms with Crippen LogP contribution in [0, 0.1) is 0 Å². The molecule has 0 fully saturated rings. The van der Waals surface area contributed by atoms with Gasteiger partial charge in [-0.2, -0.15) is 0 Å². The molecule has 1 aromatic carbocycles. The Morgan fingerprint density at radius 2 is 2.29 bits per heavy atom. The van der Waals surface area contributed by atoms with Crippen LogP contribution in [0.15, 0.2) is 18.2 Å². The number of ketones is 1. The van der Waals surface area contributed by atoms with E-state index < -0.39 is 0 Å². The molecule has 2 nitrogen and oxygen atoms in total. The molecule has 0 atom stereocenters. The van der Waals surface area contributed by atoms with E-state index in [0.29, 0.717) is 22.9 Å². The Morgan fingerprint density at radius 1 is 1.57 bits per heavy atom. The van der Waals surface area contributed by atoms with Gasteiger partial charge in [-0.05, 0) is 25.1 Å². The van der Waals surface area contributed by atoms with E-state index in [2.05, 4.69) is 15.9 Å². The van der Waals surface area contributed by atoms with Crippen molar-refractivity contribution in [2.24, 2.45) is 0 Å². The van der Waals surface area contributed by atoms with Crippen LogP contribution in [0.4, 0.5) is 0 Å². The molecule has 0 aliphatic rings. The van der Waals surface area contributed by atoms with Gasteiger partial charge in [-0.25, -0.2) is 0 Å². The molecule has 0 radical (unpaired) electrons. The molecule has 0 amide bonds. The lowest BCUT2D eigenvalue weighted by Gasteiger charge is -2.08. The van der Waals surface area contributed by atoms with E-state index in [4.69, 9.17) is 16.3 Å². The number of hydrogen-bond donors (Lipinski definition) is 0. The van der Waals surface area contributed by atoms with Crippen LogP contribution in [0.5, 0.6) is 5.75 Å². The van der Waals surface area contributed by atoms with Gasteiger partial charge < -0.3 is 4.74 Å². The third kappa shape index (κ3) is 2.72. The lowest BCUT2D eigenvalue weighted by Crippen LogP contribution is -2.04. The second-order valence-corrected chi connectivity index (χ2v) is 3.63. The smallest absolute Gasteiger partial charge is 0.177 e. The molecule has 1 aromatic rings. The molecule has 0 N–H and O–H groups in total. The molecule has 14 heavy (non-hydrogen) atoms. The number of halogens is 2. The molecule has 76 valence electrons. The summed E-state index contributed by atoms with van der Waals surface area (Å²) in [6.07, 6.45) is 0. The van der Waals surface area contributed by atoms with Gasteiger partial charge in [0.1, 0.15) is 5.75 Å². The molecule has 0 saturated heterocycles. The zero-order chi connectivity index (χ0) is 10.6. The first-order valence-corrected chi connectivity index (χ1v) is 5.70. The Labute approximate surface area is 96.3 Å². The molecule has 0 aromatic heterocycles. The summed E-state index contributed by atoms with van der Waals surface area (Å²) in [6.45, 7) is 2.38. The van der Waals surface area contributed by atoms with E-state index in [1.165, 1.54) is 0 Å². The van der Waals surface area contributed by atoms with E-state index >= 15 is 0 Å². The summed E-state index contributed by atoms with van der Waals surface area (Å²) >= 11 is 8.91. The van der Waals surface area contributed by atoms with Gasteiger partial charge in [0, 0.05) is 5.02 Å². The summed E-state index contributed by atoms with van der Waals surface area (Å²) in [5.74, 6) is 0.537. The lowest BCUT2D eigenvalue weighted by molar-refractivity contribution is 0.102. The fourth-order valence-electron chi connectivity index (χ4n) is 1.07. The zero-order valence-corrected chi connectivity index (χ0v) is 10.1. The normalized spacial score (nSPS) is 9.93. The van der Waals surface area contributed by atoms with E-state index in [1.807, 2.05) is 6.92 Å². The summed E-state index contributed by atoms with van der Waals surface area (Å²) in [4.78, 5) is 11.5. The van der Waals surface area contributed by atoms with Gasteiger partial charge in [0.25, 0.3) is 0 Å². The molecule has 0 aliphatic carbocycles. The van der Waals surface area contributed by atoms with E-state index in [9.17, 15) is 4.79 Å². The number of benzene rings is 1. The Kier molecular flexibility index (Phi) is 4.42. The Morgan fingerprint density at radius 3 is 2.86 bits per heavy atom. The highest BCUT2D eigenvalue weighted by molar-refractivity contribution is 9.09. The van der Waals surface area contributed by atoms with Crippen LogP contribution >= 0.6 is 27.5 Å². The molecule has 4 heteroatoms. The van der Waals surface area contributed by atoms with Gasteiger partial charge in [0.2, 0.25) is 0 Å². The van der Waals surface area contributed by atoms with Gasteiger partial charge in [0.15, 0.2) is 5.78 Å². The van der Waals surface area contributed by atoms with Crippen molar-refractivity contribution in [3.8, 4) is 5.75 Å². The highest BCUT2D eigenvalue weighted by Gasteiger charge is 2.11. The molecule has 0 unspecified atom stereocenters. The van der Waals surface area contributed by atoms with E-state index in [0.717, 1.165) is 0 Å². The van der Waals surface area contributed by atoms with Crippen LogP contribution in [0.25, 0.3) is 0 Å². The van der Waals surface area contributed by atoms with Crippen LogP contribution in [0.3, 0.4) is 0 Å². The minimum absolute atomic E-state index is 0.00915. The van der Waals surface area contributed by atoms with Gasteiger partial charge >= 0.3 is 0 Å². The average Bonchev–Trinajstić information content (AvgIpc) is 2.17. The zero-order valence-electron chi connectivity index (χ0n) is 7.72. The fraction of sp³-hybridized carbons (Fsp3) is 0.300. The molecular weight excluding hydrogens is 267 g/mol. The Hall–Kier alpha value is -0.540. The van der Waals surface area contributed by atoms with Gasteiger partial charge in [-0.1, -0.05) is 27.5 Å². The Balaban J connectivity index is 3.07. The van der Waals surface area contributed by atoms with Crippen LogP contribution in [0.2, 0.25) is 5.02 Å². The van der Waals surface area contributed by atoms with Crippen molar-refractivity contribution in [3.63, 3.8) is 0 Å². The summed E-state index contributed by atoms with van der Waals surface area (Å²) < 4.78 is 5.31. The molecule has 0 spiro atoms. The van der Waals surface area contributed by atoms with Gasteiger partial charge in [-0.3, -0.25) is 4.79 Å². The predicted molar refractivity (Wildman–Crippen MR) is 60.7 cm³/mol. The summed E-state index contributed by atoms with van der Waals surface area (Å²) in [7, 11) is 0. The molecule has 1 rings (SSSR count). The second-order valence-electron chi connectivity index (χ2n) is 2.63. The van der Waals surface area contributed by atoms with Crippen molar-refractivity contribution in [2.45, 2.75) is 6.92 Å². The number of Topliss-reactive ketones (excluding diaryl/α,β-unsaturated/α-hetero) is 1. The summed E-state index contributed by atoms with van der Waals surface area (Å²) in [5.41, 5.74) is 0.563. The summed E-state index contributed by atoms with van der Waals surface area (Å²) in [6, 6.07) is 5.01. The first kappa shape index (κ1) is 11.5. The standard InChI is InChI=1S/C10H10BrClO2/c1-2-14-10-5-7(12)3-4-8(10)9(13)6-11/h3-5H,2,6H2,1H3. The summed E-state index contributed by atoms with van der Waals surface area (Å²) in [5, 5.41) is 0.855. The third-order valence-corrected chi connectivity index (χ3v) is 2.41. The topological polar surface area (TPSA) is 26.3 Å². The second kappa shape index (κ2) is 5.37. The molecule has 0 saturated carbocycles. The molecular formula is C10H10BrClO2. The number of alkyl halides is 1. The van der Waals surface area contributed by atoms with Crippen LogP contribution in [0.1, 0.15) is 17.3 Å². The predicted octanol–water partition coefficient (Wildman–Crippen LogP) is 3.32. The van der Waals surface area contributed by atoms with E-state index in [-0.39, 0.29) is 11.1 Å². The molecule has 0 heterocycles. The largest absolute Gasteiger partial charge is 0.493 e. The van der Waals surface area contributed by atoms with Gasteiger partial charge in [-0.15, -0.1) is 0 Å². The van der Waals surface area contributed by atoms with Crippen molar-refractivity contribution in [1.82, 2.24) is 0 Å². The van der Waals surface area contributed by atoms with Crippen molar-refractivity contribution in [2.75, 3.05) is 11.9 Å². The van der Waals surface area contributed by atoms with Gasteiger partial charge in [0.05, 0.1) is 17.5 Å². The average molecular weight is 278 g/mol. The number of carbonyl (C=O) groups is 1. The van der Waals surface area contributed by atoms with Crippen molar-refractivity contribution in [3.05, 3.63) is 28.8 Å². The monoisotopic (exact) mass is 276 g/mol. The quantitative estimate of drug-likeness (QED) is 0.623. The third-order valence-electron chi connectivity index (χ3n) is 1.67. The maximum absolute atomic E-state index is 11.5. The minimum Gasteiger partial charge on any atom is -0.493 e. The lowest BCUT2D eigenvalue weighted by atomic mass is 10.1. The number of ether oxygens (including phenoxy) is 1. The number of rotatable bonds is 4. The minimum atomic E-state index is -0.00915. The highest BCUT2D eigenvalue weighted by Crippen LogP contribution is 2.24. The number of hydrogen-bond acceptors (Lipinski definition) is 2. The van der Waals surface area contributed by atoms with Crippen molar-refractivity contribution in [1.29, 1.82) is 0 Å². The van der Waals surface area contributed by atoms with Crippen LogP contribution < -0.4 is 4.74 Å². The maximum atomic E-state index is 11.5. The maximum Gasteiger partial charge on any atom is 0.177 e. The van der Waals surface area contributed by atoms with E-state index in [1.54, 1.807) is 18.2 Å². The van der Waals surface area contributed by atoms with Crippen LogP contribution in [-0.4, -0.2) is 17.7 Å². The first-order valence-electron chi connectivity index (χ1n) is 4.20. The van der Waals surface area contributed by atoms with Crippen molar-refractivity contribution >= 4 is 33.3 Å². The number of carbonyl (C=O) groups excluding carboxylic acids is 1. The fourth-order valence-corrected chi connectivity index (χ4v) is 1.54. The molecule has 0 bridgehead atoms. The van der Waals surface area contributed by atoms with Crippen molar-refractivity contribution < 1.29 is 9.53 Å². The van der Waals surface area contributed by atoms with Crippen LogP contribution in [-0.2, 0) is 0 Å². The Bertz CT molecular complexity index is 339. The first-order chi connectivity index (χ1) is 6.69. The molecule has 0 aliphatic heterocycles. The highest BCUT2D eigenvalue weighted by atomic mass is 79.9. The SMILES string of the molecule is CCOc1cc(Cl)ccc1C(=O)CBr.